The zero-order chi connectivity index (χ0) is 11.7. The molecule has 0 saturated heterocycles. The molecule has 0 radical (unpaired) electrons. The summed E-state index contributed by atoms with van der Waals surface area (Å²) in [6.07, 6.45) is 4.30. The van der Waals surface area contributed by atoms with Crippen LogP contribution in [0.3, 0.4) is 0 Å². The van der Waals surface area contributed by atoms with Crippen LogP contribution in [0.15, 0.2) is 20.3 Å². The van der Waals surface area contributed by atoms with Crippen molar-refractivity contribution >= 4 is 39.5 Å². The maximum Gasteiger partial charge on any atom is 0.139 e. The predicted octanol–water partition coefficient (Wildman–Crippen LogP) is 3.71. The van der Waals surface area contributed by atoms with E-state index in [2.05, 4.69) is 22.0 Å². The molecular formula is C11H13BrO2S2. The van der Waals surface area contributed by atoms with Crippen LogP contribution in [0.4, 0.5) is 0 Å². The lowest BCUT2D eigenvalue weighted by Crippen LogP contribution is -2.15. The van der Waals surface area contributed by atoms with Gasteiger partial charge in [0.05, 0.1) is 17.6 Å². The molecule has 1 atom stereocenters. The van der Waals surface area contributed by atoms with E-state index in [1.807, 2.05) is 12.5 Å². The maximum absolute atomic E-state index is 10.1. The van der Waals surface area contributed by atoms with E-state index >= 15 is 0 Å². The van der Waals surface area contributed by atoms with Crippen molar-refractivity contribution in [2.24, 2.45) is 0 Å². The molecule has 16 heavy (non-hydrogen) atoms. The Bertz CT molecular complexity index is 409. The number of fused-ring (bicyclic) bond motifs is 1. The standard InChI is InChI=1S/C11H13BrO2S2/c1-15-8-5-6(12)11(16-2)9-7(13)3-4-14-10(8)9/h5,7,13H,3-4H2,1-2H3. The molecule has 0 aliphatic carbocycles. The van der Waals surface area contributed by atoms with Gasteiger partial charge >= 0.3 is 0 Å². The lowest BCUT2D eigenvalue weighted by atomic mass is 10.0. The minimum Gasteiger partial charge on any atom is -0.492 e. The second-order valence-electron chi connectivity index (χ2n) is 3.49. The van der Waals surface area contributed by atoms with Crippen LogP contribution in [0.5, 0.6) is 5.75 Å². The van der Waals surface area contributed by atoms with Crippen LogP contribution >= 0.6 is 39.5 Å². The van der Waals surface area contributed by atoms with Gasteiger partial charge in [-0.2, -0.15) is 0 Å². The van der Waals surface area contributed by atoms with E-state index in [0.717, 1.165) is 25.6 Å². The normalized spacial score (nSPS) is 19.1. The fourth-order valence-corrected chi connectivity index (χ4v) is 4.21. The van der Waals surface area contributed by atoms with Gasteiger partial charge in [-0.25, -0.2) is 0 Å². The largest absolute Gasteiger partial charge is 0.492 e. The first-order chi connectivity index (χ1) is 7.69. The zero-order valence-corrected chi connectivity index (χ0v) is 12.3. The number of hydrogen-bond acceptors (Lipinski definition) is 4. The fraction of sp³-hybridized carbons (Fsp3) is 0.455. The minimum atomic E-state index is -0.408. The number of ether oxygens (including phenoxy) is 1. The quantitative estimate of drug-likeness (QED) is 0.841. The summed E-state index contributed by atoms with van der Waals surface area (Å²) < 4.78 is 6.73. The smallest absolute Gasteiger partial charge is 0.139 e. The summed E-state index contributed by atoms with van der Waals surface area (Å²) in [6.45, 7) is 0.594. The van der Waals surface area contributed by atoms with Crippen molar-refractivity contribution in [3.8, 4) is 5.75 Å². The number of aliphatic hydroxyl groups is 1. The van der Waals surface area contributed by atoms with Crippen LogP contribution in [0.25, 0.3) is 0 Å². The Hall–Kier alpha value is 0.160. The first kappa shape index (κ1) is 12.6. The van der Waals surface area contributed by atoms with Crippen molar-refractivity contribution in [3.63, 3.8) is 0 Å². The highest BCUT2D eigenvalue weighted by Crippen LogP contribution is 2.47. The molecule has 1 N–H and O–H groups in total. The third-order valence-corrected chi connectivity index (χ3v) is 5.06. The van der Waals surface area contributed by atoms with Crippen LogP contribution < -0.4 is 4.74 Å². The van der Waals surface area contributed by atoms with Crippen LogP contribution in [-0.4, -0.2) is 24.2 Å². The van der Waals surface area contributed by atoms with Crippen molar-refractivity contribution in [2.45, 2.75) is 22.3 Å². The van der Waals surface area contributed by atoms with Crippen LogP contribution in [0.1, 0.15) is 18.1 Å². The van der Waals surface area contributed by atoms with E-state index in [4.69, 9.17) is 4.74 Å². The Morgan fingerprint density at radius 2 is 2.19 bits per heavy atom. The highest BCUT2D eigenvalue weighted by molar-refractivity contribution is 9.10. The highest BCUT2D eigenvalue weighted by atomic mass is 79.9. The number of benzene rings is 1. The molecule has 1 aliphatic heterocycles. The predicted molar refractivity (Wildman–Crippen MR) is 72.8 cm³/mol. The van der Waals surface area contributed by atoms with E-state index < -0.39 is 6.10 Å². The van der Waals surface area contributed by atoms with Crippen molar-refractivity contribution in [2.75, 3.05) is 19.1 Å². The van der Waals surface area contributed by atoms with Crippen molar-refractivity contribution in [3.05, 3.63) is 16.1 Å². The summed E-state index contributed by atoms with van der Waals surface area (Å²) in [6, 6.07) is 2.06. The molecule has 1 aromatic rings. The van der Waals surface area contributed by atoms with E-state index in [0.29, 0.717) is 13.0 Å². The molecule has 1 aliphatic rings. The van der Waals surface area contributed by atoms with E-state index in [-0.39, 0.29) is 0 Å². The first-order valence-electron chi connectivity index (χ1n) is 4.94. The number of hydrogen-bond donors (Lipinski definition) is 1. The summed E-state index contributed by atoms with van der Waals surface area (Å²) >= 11 is 6.83. The topological polar surface area (TPSA) is 29.5 Å². The zero-order valence-electron chi connectivity index (χ0n) is 9.12. The van der Waals surface area contributed by atoms with E-state index in [1.54, 1.807) is 23.5 Å². The lowest BCUT2D eigenvalue weighted by Gasteiger charge is -2.26. The van der Waals surface area contributed by atoms with Crippen LogP contribution in [-0.2, 0) is 0 Å². The minimum absolute atomic E-state index is 0.408. The van der Waals surface area contributed by atoms with Gasteiger partial charge in [-0.3, -0.25) is 0 Å². The van der Waals surface area contributed by atoms with E-state index in [9.17, 15) is 5.11 Å². The SMILES string of the molecule is CSc1cc(Br)c(SC)c2c1OCCC2O. The number of rotatable bonds is 2. The van der Waals surface area contributed by atoms with Gasteiger partial charge in [-0.1, -0.05) is 0 Å². The summed E-state index contributed by atoms with van der Waals surface area (Å²) in [7, 11) is 0. The summed E-state index contributed by atoms with van der Waals surface area (Å²) in [5.41, 5.74) is 0.942. The number of thioether (sulfide) groups is 2. The van der Waals surface area contributed by atoms with Crippen LogP contribution in [0, 0.1) is 0 Å². The van der Waals surface area contributed by atoms with Gasteiger partial charge in [0.25, 0.3) is 0 Å². The molecule has 0 saturated carbocycles. The van der Waals surface area contributed by atoms with Gasteiger partial charge in [0.2, 0.25) is 0 Å². The van der Waals surface area contributed by atoms with Crippen molar-refractivity contribution in [1.29, 1.82) is 0 Å². The average molecular weight is 321 g/mol. The third kappa shape index (κ3) is 2.10. The van der Waals surface area contributed by atoms with E-state index in [1.165, 1.54) is 0 Å². The molecule has 2 rings (SSSR count). The fourth-order valence-electron chi connectivity index (χ4n) is 1.84. The number of aliphatic hydroxyl groups excluding tert-OH is 1. The molecule has 0 bridgehead atoms. The molecule has 2 nitrogen and oxygen atoms in total. The molecule has 1 heterocycles. The Balaban J connectivity index is 2.66. The van der Waals surface area contributed by atoms with Gasteiger partial charge in [-0.15, -0.1) is 23.5 Å². The van der Waals surface area contributed by atoms with Crippen LogP contribution in [0.2, 0.25) is 0 Å². The number of halogens is 1. The molecule has 0 aromatic heterocycles. The monoisotopic (exact) mass is 320 g/mol. The van der Waals surface area contributed by atoms with Crippen molar-refractivity contribution in [1.82, 2.24) is 0 Å². The Morgan fingerprint density at radius 1 is 1.44 bits per heavy atom. The molecule has 5 heteroatoms. The van der Waals surface area contributed by atoms with Gasteiger partial charge in [0.15, 0.2) is 0 Å². The second-order valence-corrected chi connectivity index (χ2v) is 6.01. The van der Waals surface area contributed by atoms with Gasteiger partial charge in [0.1, 0.15) is 5.75 Å². The first-order valence-corrected chi connectivity index (χ1v) is 8.18. The molecule has 0 fully saturated rings. The second kappa shape index (κ2) is 5.21. The molecule has 0 spiro atoms. The van der Waals surface area contributed by atoms with Crippen molar-refractivity contribution < 1.29 is 9.84 Å². The van der Waals surface area contributed by atoms with Gasteiger partial charge in [-0.05, 0) is 34.5 Å². The van der Waals surface area contributed by atoms with Gasteiger partial charge < -0.3 is 9.84 Å². The molecular weight excluding hydrogens is 308 g/mol. The summed E-state index contributed by atoms with van der Waals surface area (Å²) in [5.74, 6) is 0.860. The molecule has 88 valence electrons. The maximum atomic E-state index is 10.1. The summed E-state index contributed by atoms with van der Waals surface area (Å²) in [5, 5.41) is 10.1. The van der Waals surface area contributed by atoms with Gasteiger partial charge in [0, 0.05) is 21.4 Å². The third-order valence-electron chi connectivity index (χ3n) is 2.58. The Kier molecular flexibility index (Phi) is 4.11. The average Bonchev–Trinajstić information content (AvgIpc) is 2.29. The Morgan fingerprint density at radius 3 is 2.81 bits per heavy atom. The highest BCUT2D eigenvalue weighted by Gasteiger charge is 2.26. The summed E-state index contributed by atoms with van der Waals surface area (Å²) in [4.78, 5) is 2.17. The lowest BCUT2D eigenvalue weighted by molar-refractivity contribution is 0.110. The molecule has 1 aromatic carbocycles. The molecule has 1 unspecified atom stereocenters. The molecule has 0 amide bonds. The Labute approximate surface area is 112 Å².